The molecule has 1 saturated carbocycles. The molecule has 29 heavy (non-hydrogen) atoms. The van der Waals surface area contributed by atoms with E-state index in [2.05, 4.69) is 26.1 Å². The Morgan fingerprint density at radius 3 is 2.55 bits per heavy atom. The lowest BCUT2D eigenvalue weighted by Gasteiger charge is -2.43. The molecule has 3 amide bonds. The third kappa shape index (κ3) is 4.37. The fourth-order valence-electron chi connectivity index (χ4n) is 4.96. The Bertz CT molecular complexity index is 874. The molecule has 2 heterocycles. The summed E-state index contributed by atoms with van der Waals surface area (Å²) in [5.74, 6) is -1.16. The van der Waals surface area contributed by atoms with Crippen LogP contribution in [0.15, 0.2) is 6.07 Å². The first-order valence-electron chi connectivity index (χ1n) is 9.82. The standard InChI is InChI=1S/C21H28N2O5S/c1-12-7-20(4,5)11-21(8-12)18(26)23(19(27)22-21)9-17(25)28-10-16(24)15-6-13(2)29-14(15)3/h6,12H,7-11H2,1-5H3,(H,22,27)/t12-,21-/m1/s1. The van der Waals surface area contributed by atoms with Gasteiger partial charge in [-0.05, 0) is 50.5 Å². The minimum absolute atomic E-state index is 0.0833. The van der Waals surface area contributed by atoms with Gasteiger partial charge in [-0.25, -0.2) is 4.79 Å². The Morgan fingerprint density at radius 2 is 1.97 bits per heavy atom. The van der Waals surface area contributed by atoms with Gasteiger partial charge >= 0.3 is 12.0 Å². The second-order valence-corrected chi connectivity index (χ2v) is 10.6. The Hall–Kier alpha value is -2.22. The number of carbonyl (C=O) groups excluding carboxylic acids is 4. The highest BCUT2D eigenvalue weighted by atomic mass is 32.1. The lowest BCUT2D eigenvalue weighted by Crippen LogP contribution is -2.54. The molecule has 0 aromatic carbocycles. The number of hydrogen-bond donors (Lipinski definition) is 1. The summed E-state index contributed by atoms with van der Waals surface area (Å²) < 4.78 is 5.06. The van der Waals surface area contributed by atoms with Gasteiger partial charge in [-0.2, -0.15) is 0 Å². The van der Waals surface area contributed by atoms with Crippen molar-refractivity contribution in [2.75, 3.05) is 13.2 Å². The molecule has 2 fully saturated rings. The van der Waals surface area contributed by atoms with Crippen molar-refractivity contribution in [3.05, 3.63) is 21.4 Å². The molecule has 1 aromatic heterocycles. The zero-order chi connectivity index (χ0) is 21.6. The molecule has 1 aromatic rings. The monoisotopic (exact) mass is 420 g/mol. The number of thiophene rings is 1. The van der Waals surface area contributed by atoms with E-state index in [1.807, 2.05) is 13.8 Å². The number of nitrogens with zero attached hydrogens (tertiary/aromatic N) is 1. The number of urea groups is 1. The van der Waals surface area contributed by atoms with Crippen LogP contribution in [0.1, 0.15) is 60.1 Å². The largest absolute Gasteiger partial charge is 0.456 e. The van der Waals surface area contributed by atoms with Gasteiger partial charge in [0.15, 0.2) is 6.61 Å². The van der Waals surface area contributed by atoms with Crippen LogP contribution in [0.2, 0.25) is 0 Å². The molecule has 0 radical (unpaired) electrons. The first kappa shape index (κ1) is 21.5. The first-order chi connectivity index (χ1) is 13.4. The Kier molecular flexibility index (Phi) is 5.60. The quantitative estimate of drug-likeness (QED) is 0.448. The number of imide groups is 1. The van der Waals surface area contributed by atoms with Gasteiger partial charge in [0.2, 0.25) is 5.78 Å². The second-order valence-electron chi connectivity index (χ2n) is 9.17. The van der Waals surface area contributed by atoms with Gasteiger partial charge in [0.1, 0.15) is 12.1 Å². The molecular weight excluding hydrogens is 392 g/mol. The van der Waals surface area contributed by atoms with Gasteiger partial charge in [-0.1, -0.05) is 20.8 Å². The predicted molar refractivity (Wildman–Crippen MR) is 109 cm³/mol. The Morgan fingerprint density at radius 1 is 1.28 bits per heavy atom. The summed E-state index contributed by atoms with van der Waals surface area (Å²) in [5, 5.41) is 2.83. The van der Waals surface area contributed by atoms with E-state index in [1.165, 1.54) is 11.3 Å². The summed E-state index contributed by atoms with van der Waals surface area (Å²) in [6.45, 7) is 9.08. The summed E-state index contributed by atoms with van der Waals surface area (Å²) in [7, 11) is 0. The van der Waals surface area contributed by atoms with E-state index in [9.17, 15) is 19.2 Å². The summed E-state index contributed by atoms with van der Waals surface area (Å²) in [6, 6.07) is 1.19. The van der Waals surface area contributed by atoms with Gasteiger partial charge in [-0.3, -0.25) is 19.3 Å². The topological polar surface area (TPSA) is 92.8 Å². The summed E-state index contributed by atoms with van der Waals surface area (Å²) in [4.78, 5) is 52.8. The number of carbonyl (C=O) groups is 4. The van der Waals surface area contributed by atoms with E-state index < -0.39 is 30.7 Å². The molecule has 0 unspecified atom stereocenters. The average Bonchev–Trinajstić information content (AvgIpc) is 3.02. The summed E-state index contributed by atoms with van der Waals surface area (Å²) >= 11 is 1.50. The van der Waals surface area contributed by atoms with E-state index in [0.717, 1.165) is 21.1 Å². The van der Waals surface area contributed by atoms with Gasteiger partial charge in [0, 0.05) is 15.3 Å². The molecule has 158 valence electrons. The van der Waals surface area contributed by atoms with Crippen molar-refractivity contribution in [2.45, 2.75) is 59.4 Å². The molecule has 8 heteroatoms. The van der Waals surface area contributed by atoms with E-state index in [-0.39, 0.29) is 23.0 Å². The number of Topliss-reactive ketones (excluding diaryl/α,β-unsaturated/α-hetero) is 1. The third-order valence-electron chi connectivity index (χ3n) is 5.62. The Labute approximate surface area is 174 Å². The van der Waals surface area contributed by atoms with Crippen molar-refractivity contribution in [1.29, 1.82) is 0 Å². The number of esters is 1. The van der Waals surface area contributed by atoms with Crippen molar-refractivity contribution in [2.24, 2.45) is 11.3 Å². The highest BCUT2D eigenvalue weighted by molar-refractivity contribution is 7.12. The lowest BCUT2D eigenvalue weighted by molar-refractivity contribution is -0.147. The molecule has 3 rings (SSSR count). The Balaban J connectivity index is 1.62. The highest BCUT2D eigenvalue weighted by Gasteiger charge is 2.56. The van der Waals surface area contributed by atoms with E-state index >= 15 is 0 Å². The number of amides is 3. The zero-order valence-corrected chi connectivity index (χ0v) is 18.4. The molecule has 1 spiro atoms. The maximum atomic E-state index is 13.0. The molecule has 1 saturated heterocycles. The molecule has 1 aliphatic heterocycles. The van der Waals surface area contributed by atoms with Gasteiger partial charge in [-0.15, -0.1) is 11.3 Å². The maximum absolute atomic E-state index is 13.0. The fourth-order valence-corrected chi connectivity index (χ4v) is 5.90. The van der Waals surface area contributed by atoms with Crippen molar-refractivity contribution in [1.82, 2.24) is 10.2 Å². The molecule has 0 bridgehead atoms. The number of ether oxygens (including phenoxy) is 1. The summed E-state index contributed by atoms with van der Waals surface area (Å²) in [6.07, 6.45) is 2.07. The van der Waals surface area contributed by atoms with Crippen molar-refractivity contribution in [3.8, 4) is 0 Å². The molecule has 2 atom stereocenters. The smallest absolute Gasteiger partial charge is 0.326 e. The lowest BCUT2D eigenvalue weighted by atomic mass is 9.64. The van der Waals surface area contributed by atoms with Crippen molar-refractivity contribution in [3.63, 3.8) is 0 Å². The molecule has 7 nitrogen and oxygen atoms in total. The fraction of sp³-hybridized carbons (Fsp3) is 0.619. The average molecular weight is 421 g/mol. The maximum Gasteiger partial charge on any atom is 0.326 e. The van der Waals surface area contributed by atoms with Crippen molar-refractivity contribution < 1.29 is 23.9 Å². The minimum Gasteiger partial charge on any atom is -0.456 e. The predicted octanol–water partition coefficient (Wildman–Crippen LogP) is 3.23. The first-order valence-corrected chi connectivity index (χ1v) is 10.6. The number of aryl methyl sites for hydroxylation is 2. The van der Waals surface area contributed by atoms with Crippen LogP contribution in [0, 0.1) is 25.2 Å². The van der Waals surface area contributed by atoms with Crippen LogP contribution in [0.4, 0.5) is 4.79 Å². The molecule has 1 N–H and O–H groups in total. The normalized spacial score (nSPS) is 26.0. The van der Waals surface area contributed by atoms with Crippen LogP contribution in [-0.4, -0.2) is 47.3 Å². The zero-order valence-electron chi connectivity index (χ0n) is 17.6. The van der Waals surface area contributed by atoms with E-state index in [0.29, 0.717) is 18.4 Å². The van der Waals surface area contributed by atoms with Crippen LogP contribution in [0.3, 0.4) is 0 Å². The van der Waals surface area contributed by atoms with Crippen LogP contribution in [0.5, 0.6) is 0 Å². The van der Waals surface area contributed by atoms with Gasteiger partial charge in [0.05, 0.1) is 0 Å². The minimum atomic E-state index is -0.959. The van der Waals surface area contributed by atoms with Crippen LogP contribution in [0.25, 0.3) is 0 Å². The molecule has 2 aliphatic rings. The van der Waals surface area contributed by atoms with Crippen LogP contribution >= 0.6 is 11.3 Å². The van der Waals surface area contributed by atoms with Crippen molar-refractivity contribution >= 4 is 35.0 Å². The number of nitrogens with one attached hydrogen (secondary N) is 1. The van der Waals surface area contributed by atoms with Gasteiger partial charge < -0.3 is 10.1 Å². The highest BCUT2D eigenvalue weighted by Crippen LogP contribution is 2.46. The second kappa shape index (κ2) is 7.55. The van der Waals surface area contributed by atoms with E-state index in [1.54, 1.807) is 6.07 Å². The number of hydrogen-bond acceptors (Lipinski definition) is 6. The molecule has 1 aliphatic carbocycles. The third-order valence-corrected chi connectivity index (χ3v) is 6.58. The van der Waals surface area contributed by atoms with Crippen LogP contribution < -0.4 is 5.32 Å². The van der Waals surface area contributed by atoms with Gasteiger partial charge in [0.25, 0.3) is 5.91 Å². The van der Waals surface area contributed by atoms with E-state index in [4.69, 9.17) is 4.74 Å². The number of ketones is 1. The SMILES string of the molecule is Cc1cc(C(=O)COC(=O)CN2C(=O)N[C@@]3(C[C@H](C)CC(C)(C)C3)C2=O)c(C)s1. The summed E-state index contributed by atoms with van der Waals surface area (Å²) in [5.41, 5.74) is -0.507. The molecular formula is C21H28N2O5S. The van der Waals surface area contributed by atoms with Crippen LogP contribution in [-0.2, 0) is 14.3 Å². The number of rotatable bonds is 5.